The largest absolute Gasteiger partial charge is 0.481 e. The normalized spacial score (nSPS) is 14.9. The first-order chi connectivity index (χ1) is 7.63. The minimum atomic E-state index is -0.910. The Balaban J connectivity index is 3.91. The van der Waals surface area contributed by atoms with Crippen molar-refractivity contribution >= 4 is 12.0 Å². The van der Waals surface area contributed by atoms with Gasteiger partial charge in [-0.3, -0.25) is 4.79 Å². The van der Waals surface area contributed by atoms with Gasteiger partial charge in [-0.15, -0.1) is 0 Å². The predicted octanol–water partition coefficient (Wildman–Crippen LogP) is 1.83. The average molecular weight is 244 g/mol. The second-order valence-electron chi connectivity index (χ2n) is 5.63. The van der Waals surface area contributed by atoms with Crippen LogP contribution in [0.5, 0.6) is 0 Å². The number of carboxylic acids is 1. The van der Waals surface area contributed by atoms with E-state index in [9.17, 15) is 9.59 Å². The summed E-state index contributed by atoms with van der Waals surface area (Å²) in [5, 5.41) is 14.1. The summed E-state index contributed by atoms with van der Waals surface area (Å²) in [6, 6.07) is -0.697. The molecule has 0 aromatic carbocycles. The Morgan fingerprint density at radius 1 is 1.24 bits per heavy atom. The second-order valence-corrected chi connectivity index (χ2v) is 5.63. The molecule has 0 aromatic rings. The maximum absolute atomic E-state index is 11.5. The van der Waals surface area contributed by atoms with Crippen molar-refractivity contribution in [2.45, 2.75) is 47.1 Å². The molecule has 0 radical (unpaired) electrons. The number of amides is 2. The Hall–Kier alpha value is -1.26. The van der Waals surface area contributed by atoms with Crippen LogP contribution in [0.25, 0.3) is 0 Å². The highest BCUT2D eigenvalue weighted by molar-refractivity contribution is 5.76. The third-order valence-corrected chi connectivity index (χ3v) is 2.66. The van der Waals surface area contributed by atoms with E-state index in [0.29, 0.717) is 6.54 Å². The number of aliphatic carboxylic acids is 1. The summed E-state index contributed by atoms with van der Waals surface area (Å²) in [5.74, 6) is -1.50. The monoisotopic (exact) mass is 244 g/mol. The molecule has 17 heavy (non-hydrogen) atoms. The molecule has 5 heteroatoms. The molecule has 0 rings (SSSR count). The molecule has 0 aliphatic rings. The van der Waals surface area contributed by atoms with Gasteiger partial charge in [-0.05, 0) is 25.7 Å². The van der Waals surface area contributed by atoms with Crippen molar-refractivity contribution < 1.29 is 14.7 Å². The van der Waals surface area contributed by atoms with Crippen LogP contribution in [0.2, 0.25) is 0 Å². The molecule has 0 saturated heterocycles. The summed E-state index contributed by atoms with van der Waals surface area (Å²) in [5.41, 5.74) is 0.174. The molecule has 0 aromatic heterocycles. The minimum absolute atomic E-state index is 0.174. The second kappa shape index (κ2) is 6.47. The Morgan fingerprint density at radius 2 is 1.76 bits per heavy atom. The lowest BCUT2D eigenvalue weighted by Gasteiger charge is -2.20. The number of carboxylic acid groups (broad SMARTS) is 1. The van der Waals surface area contributed by atoms with Crippen LogP contribution in [0.1, 0.15) is 41.0 Å². The Labute approximate surface area is 103 Å². The molecule has 0 saturated carbocycles. The quantitative estimate of drug-likeness (QED) is 0.690. The number of hydrogen-bond acceptors (Lipinski definition) is 2. The van der Waals surface area contributed by atoms with E-state index in [-0.39, 0.29) is 17.5 Å². The summed E-state index contributed by atoms with van der Waals surface area (Å²) in [6.45, 7) is 10.1. The van der Waals surface area contributed by atoms with Crippen LogP contribution in [-0.2, 0) is 4.79 Å². The fraction of sp³-hybridized carbons (Fsp3) is 0.833. The molecule has 0 aliphatic carbocycles. The summed E-state index contributed by atoms with van der Waals surface area (Å²) < 4.78 is 0. The van der Waals surface area contributed by atoms with Gasteiger partial charge in [0, 0.05) is 12.6 Å². The molecule has 0 spiro atoms. The standard InChI is InChI=1S/C12H24N2O3/c1-8(10(15)16)9(2)14-11(17)13-7-6-12(3,4)5/h8-9H,6-7H2,1-5H3,(H,15,16)(H2,13,14,17). The van der Waals surface area contributed by atoms with E-state index in [4.69, 9.17) is 5.11 Å². The molecule has 0 aliphatic heterocycles. The lowest BCUT2D eigenvalue weighted by molar-refractivity contribution is -0.141. The van der Waals surface area contributed by atoms with E-state index < -0.39 is 11.9 Å². The van der Waals surface area contributed by atoms with Crippen LogP contribution in [0.15, 0.2) is 0 Å². The van der Waals surface area contributed by atoms with E-state index >= 15 is 0 Å². The zero-order valence-electron chi connectivity index (χ0n) is 11.3. The molecule has 0 heterocycles. The fourth-order valence-electron chi connectivity index (χ4n) is 1.15. The van der Waals surface area contributed by atoms with Crippen molar-refractivity contribution in [3.8, 4) is 0 Å². The van der Waals surface area contributed by atoms with Crippen LogP contribution in [0.3, 0.4) is 0 Å². The highest BCUT2D eigenvalue weighted by Crippen LogP contribution is 2.16. The van der Waals surface area contributed by atoms with Crippen molar-refractivity contribution in [2.24, 2.45) is 11.3 Å². The van der Waals surface area contributed by atoms with Gasteiger partial charge in [0.05, 0.1) is 5.92 Å². The summed E-state index contributed by atoms with van der Waals surface area (Å²) in [4.78, 5) is 22.1. The molecular formula is C12H24N2O3. The van der Waals surface area contributed by atoms with Gasteiger partial charge < -0.3 is 15.7 Å². The summed E-state index contributed by atoms with van der Waals surface area (Å²) in [6.07, 6.45) is 0.878. The summed E-state index contributed by atoms with van der Waals surface area (Å²) in [7, 11) is 0. The molecule has 2 unspecified atom stereocenters. The molecule has 3 N–H and O–H groups in total. The van der Waals surface area contributed by atoms with Gasteiger partial charge >= 0.3 is 12.0 Å². The van der Waals surface area contributed by atoms with Crippen LogP contribution >= 0.6 is 0 Å². The van der Waals surface area contributed by atoms with Crippen molar-refractivity contribution in [1.82, 2.24) is 10.6 Å². The number of hydrogen-bond donors (Lipinski definition) is 3. The topological polar surface area (TPSA) is 78.4 Å². The maximum Gasteiger partial charge on any atom is 0.315 e. The van der Waals surface area contributed by atoms with Crippen LogP contribution < -0.4 is 10.6 Å². The average Bonchev–Trinajstić information content (AvgIpc) is 2.13. The number of carbonyl (C=O) groups excluding carboxylic acids is 1. The van der Waals surface area contributed by atoms with E-state index in [1.54, 1.807) is 13.8 Å². The van der Waals surface area contributed by atoms with Crippen molar-refractivity contribution in [3.05, 3.63) is 0 Å². The Kier molecular flexibility index (Phi) is 5.99. The number of carbonyl (C=O) groups is 2. The third kappa shape index (κ3) is 7.60. The zero-order valence-corrected chi connectivity index (χ0v) is 11.3. The van der Waals surface area contributed by atoms with E-state index in [2.05, 4.69) is 31.4 Å². The predicted molar refractivity (Wildman–Crippen MR) is 66.9 cm³/mol. The van der Waals surface area contributed by atoms with Crippen molar-refractivity contribution in [2.75, 3.05) is 6.54 Å². The maximum atomic E-state index is 11.5. The van der Waals surface area contributed by atoms with Crippen LogP contribution in [0.4, 0.5) is 4.79 Å². The van der Waals surface area contributed by atoms with Crippen molar-refractivity contribution in [3.63, 3.8) is 0 Å². The van der Waals surface area contributed by atoms with Gasteiger partial charge in [-0.25, -0.2) is 4.79 Å². The van der Waals surface area contributed by atoms with E-state index in [1.807, 2.05) is 0 Å². The smallest absolute Gasteiger partial charge is 0.315 e. The van der Waals surface area contributed by atoms with Crippen LogP contribution in [0, 0.1) is 11.3 Å². The highest BCUT2D eigenvalue weighted by Gasteiger charge is 2.20. The minimum Gasteiger partial charge on any atom is -0.481 e. The van der Waals surface area contributed by atoms with E-state index in [0.717, 1.165) is 6.42 Å². The molecule has 100 valence electrons. The van der Waals surface area contributed by atoms with E-state index in [1.165, 1.54) is 0 Å². The molecule has 0 bridgehead atoms. The third-order valence-electron chi connectivity index (χ3n) is 2.66. The first kappa shape index (κ1) is 15.7. The molecular weight excluding hydrogens is 220 g/mol. The lowest BCUT2D eigenvalue weighted by atomic mass is 9.92. The van der Waals surface area contributed by atoms with Crippen molar-refractivity contribution in [1.29, 1.82) is 0 Å². The molecule has 2 amide bonds. The molecule has 5 nitrogen and oxygen atoms in total. The zero-order chi connectivity index (χ0) is 13.6. The number of urea groups is 1. The lowest BCUT2D eigenvalue weighted by Crippen LogP contribution is -2.45. The van der Waals surface area contributed by atoms with Gasteiger partial charge in [0.25, 0.3) is 0 Å². The van der Waals surface area contributed by atoms with Crippen LogP contribution in [-0.4, -0.2) is 29.7 Å². The van der Waals surface area contributed by atoms with Gasteiger partial charge in [0.1, 0.15) is 0 Å². The fourth-order valence-corrected chi connectivity index (χ4v) is 1.15. The first-order valence-electron chi connectivity index (χ1n) is 5.90. The number of nitrogens with one attached hydrogen (secondary N) is 2. The first-order valence-corrected chi connectivity index (χ1v) is 5.90. The Bertz CT molecular complexity index is 271. The SMILES string of the molecule is CC(NC(=O)NCCC(C)(C)C)C(C)C(=O)O. The Morgan fingerprint density at radius 3 is 2.18 bits per heavy atom. The van der Waals surface area contributed by atoms with Gasteiger partial charge in [0.15, 0.2) is 0 Å². The summed E-state index contributed by atoms with van der Waals surface area (Å²) >= 11 is 0. The molecule has 2 atom stereocenters. The highest BCUT2D eigenvalue weighted by atomic mass is 16.4. The van der Waals surface area contributed by atoms with Gasteiger partial charge in [-0.2, -0.15) is 0 Å². The van der Waals surface area contributed by atoms with Gasteiger partial charge in [0.2, 0.25) is 0 Å². The number of rotatable bonds is 5. The van der Waals surface area contributed by atoms with Gasteiger partial charge in [-0.1, -0.05) is 20.8 Å². The molecule has 0 fully saturated rings.